The highest BCUT2D eigenvalue weighted by Crippen LogP contribution is 2.31. The number of phenols is 1. The lowest BCUT2D eigenvalue weighted by Gasteiger charge is -2.11. The van der Waals surface area contributed by atoms with Crippen LogP contribution in [-0.4, -0.2) is 52.0 Å². The van der Waals surface area contributed by atoms with Gasteiger partial charge in [0.05, 0.1) is 30.7 Å². The van der Waals surface area contributed by atoms with E-state index >= 15 is 0 Å². The van der Waals surface area contributed by atoms with Gasteiger partial charge in [-0.05, 0) is 76.6 Å². The van der Waals surface area contributed by atoms with E-state index in [0.717, 1.165) is 27.2 Å². The molecule has 0 unspecified atom stereocenters. The van der Waals surface area contributed by atoms with E-state index in [4.69, 9.17) is 9.47 Å². The smallest absolute Gasteiger partial charge is 0.250 e. The fourth-order valence-corrected chi connectivity index (χ4v) is 5.28. The molecule has 0 bridgehead atoms. The Kier molecular flexibility index (Phi) is 8.85. The van der Waals surface area contributed by atoms with Crippen LogP contribution in [0.25, 0.3) is 17.1 Å². The second-order valence-electron chi connectivity index (χ2n) is 7.48. The summed E-state index contributed by atoms with van der Waals surface area (Å²) in [5.74, 6) is 1.79. The van der Waals surface area contributed by atoms with Gasteiger partial charge in [-0.25, -0.2) is 5.43 Å². The number of benzene rings is 3. The minimum absolute atomic E-state index is 0.0224. The van der Waals surface area contributed by atoms with Gasteiger partial charge in [0, 0.05) is 21.3 Å². The molecule has 0 atom stereocenters. The van der Waals surface area contributed by atoms with E-state index in [0.29, 0.717) is 21.0 Å². The van der Waals surface area contributed by atoms with Gasteiger partial charge in [-0.1, -0.05) is 27.7 Å². The van der Waals surface area contributed by atoms with E-state index in [9.17, 15) is 9.90 Å². The van der Waals surface area contributed by atoms with Gasteiger partial charge in [0.15, 0.2) is 11.0 Å². The molecule has 0 spiro atoms. The van der Waals surface area contributed by atoms with Crippen molar-refractivity contribution in [2.24, 2.45) is 5.10 Å². The fraction of sp³-hybridized carbons (Fsp3) is 0.120. The number of hydrogen-bond donors (Lipinski definition) is 2. The molecular weight excluding hydrogens is 626 g/mol. The molecule has 0 aliphatic carbocycles. The minimum Gasteiger partial charge on any atom is -0.506 e. The number of hydrazone groups is 1. The Balaban J connectivity index is 1.53. The van der Waals surface area contributed by atoms with Gasteiger partial charge in [-0.3, -0.25) is 9.36 Å². The number of thioether (sulfide) groups is 1. The summed E-state index contributed by atoms with van der Waals surface area (Å²) < 4.78 is 13.7. The number of nitrogens with zero attached hydrogens (tertiary/aromatic N) is 4. The van der Waals surface area contributed by atoms with Crippen LogP contribution in [0, 0.1) is 0 Å². The molecule has 3 aromatic carbocycles. The molecule has 1 heterocycles. The number of carbonyl (C=O) groups excluding carboxylic acids is 1. The van der Waals surface area contributed by atoms with Crippen LogP contribution in [0.3, 0.4) is 0 Å². The topological polar surface area (TPSA) is 111 Å². The Hall–Kier alpha value is -3.35. The van der Waals surface area contributed by atoms with Crippen molar-refractivity contribution in [3.8, 4) is 34.3 Å². The van der Waals surface area contributed by atoms with Crippen LogP contribution in [0.4, 0.5) is 0 Å². The average Bonchev–Trinajstić information content (AvgIpc) is 3.34. The quantitative estimate of drug-likeness (QED) is 0.142. The highest BCUT2D eigenvalue weighted by Gasteiger charge is 2.18. The Morgan fingerprint density at radius 1 is 1.05 bits per heavy atom. The number of ether oxygens (including phenoxy) is 2. The summed E-state index contributed by atoms with van der Waals surface area (Å²) in [6, 6.07) is 18.4. The third kappa shape index (κ3) is 6.51. The zero-order chi connectivity index (χ0) is 26.4. The predicted molar refractivity (Wildman–Crippen MR) is 150 cm³/mol. The van der Waals surface area contributed by atoms with Crippen LogP contribution in [0.2, 0.25) is 0 Å². The monoisotopic (exact) mass is 645 g/mol. The summed E-state index contributed by atoms with van der Waals surface area (Å²) in [7, 11) is 3.22. The summed E-state index contributed by atoms with van der Waals surface area (Å²) in [5, 5.41) is 23.3. The number of halogens is 2. The van der Waals surface area contributed by atoms with Crippen LogP contribution in [0.1, 0.15) is 5.56 Å². The van der Waals surface area contributed by atoms with Crippen molar-refractivity contribution in [2.75, 3.05) is 20.0 Å². The average molecular weight is 647 g/mol. The van der Waals surface area contributed by atoms with Gasteiger partial charge >= 0.3 is 0 Å². The largest absolute Gasteiger partial charge is 0.506 e. The zero-order valence-electron chi connectivity index (χ0n) is 19.7. The molecule has 37 heavy (non-hydrogen) atoms. The Morgan fingerprint density at radius 3 is 2.35 bits per heavy atom. The number of nitrogens with one attached hydrogen (secondary N) is 1. The van der Waals surface area contributed by atoms with E-state index in [2.05, 4.69) is 52.6 Å². The van der Waals surface area contributed by atoms with Gasteiger partial charge in [-0.15, -0.1) is 10.2 Å². The molecule has 0 fully saturated rings. The summed E-state index contributed by atoms with van der Waals surface area (Å²) in [6.45, 7) is 0. The van der Waals surface area contributed by atoms with E-state index in [1.54, 1.807) is 26.4 Å². The SMILES string of the molecule is COc1ccc(-c2nnc(SCC(=O)N/N=C\c3cc(Br)cc(Br)c3O)n2-c2ccc(OC)cc2)cc1. The normalized spacial score (nSPS) is 11.0. The van der Waals surface area contributed by atoms with Gasteiger partial charge in [-0.2, -0.15) is 5.10 Å². The zero-order valence-corrected chi connectivity index (χ0v) is 23.7. The molecule has 190 valence electrons. The van der Waals surface area contributed by atoms with E-state index < -0.39 is 0 Å². The Bertz CT molecular complexity index is 1430. The van der Waals surface area contributed by atoms with E-state index in [1.807, 2.05) is 53.1 Å². The second-order valence-corrected chi connectivity index (χ2v) is 10.2. The van der Waals surface area contributed by atoms with Crippen LogP contribution >= 0.6 is 43.6 Å². The summed E-state index contributed by atoms with van der Waals surface area (Å²) in [5.41, 5.74) is 4.57. The molecule has 0 aliphatic rings. The van der Waals surface area contributed by atoms with Crippen LogP contribution in [0.15, 0.2) is 79.9 Å². The lowest BCUT2D eigenvalue weighted by atomic mass is 10.2. The summed E-state index contributed by atoms with van der Waals surface area (Å²) in [6.07, 6.45) is 1.37. The van der Waals surface area contributed by atoms with Crippen molar-refractivity contribution >= 4 is 55.7 Å². The second kappa shape index (κ2) is 12.3. The maximum Gasteiger partial charge on any atom is 0.250 e. The molecular formula is C25H21Br2N5O4S. The molecule has 1 aromatic heterocycles. The van der Waals surface area contributed by atoms with E-state index in [-0.39, 0.29) is 17.4 Å². The fourth-order valence-electron chi connectivity index (χ4n) is 3.28. The number of methoxy groups -OCH3 is 2. The lowest BCUT2D eigenvalue weighted by molar-refractivity contribution is -0.118. The molecule has 4 rings (SSSR count). The highest BCUT2D eigenvalue weighted by molar-refractivity contribution is 9.11. The molecule has 0 radical (unpaired) electrons. The third-order valence-corrected chi connectivity index (χ3v) is 7.09. The summed E-state index contributed by atoms with van der Waals surface area (Å²) in [4.78, 5) is 12.5. The van der Waals surface area contributed by atoms with E-state index in [1.165, 1.54) is 18.0 Å². The maximum absolute atomic E-state index is 12.5. The number of aromatic nitrogens is 3. The number of hydrogen-bond acceptors (Lipinski definition) is 8. The molecule has 12 heteroatoms. The van der Waals surface area contributed by atoms with Crippen molar-refractivity contribution in [3.63, 3.8) is 0 Å². The highest BCUT2D eigenvalue weighted by atomic mass is 79.9. The first kappa shape index (κ1) is 26.7. The van der Waals surface area contributed by atoms with Gasteiger partial charge in [0.2, 0.25) is 0 Å². The van der Waals surface area contributed by atoms with Crippen LogP contribution in [0.5, 0.6) is 17.2 Å². The Labute approximate surface area is 234 Å². The predicted octanol–water partition coefficient (Wildman–Crippen LogP) is 5.42. The number of phenolic OH excluding ortho intramolecular Hbond substituents is 1. The van der Waals surface area contributed by atoms with Crippen molar-refractivity contribution < 1.29 is 19.4 Å². The molecule has 0 saturated heterocycles. The molecule has 9 nitrogen and oxygen atoms in total. The third-order valence-electron chi connectivity index (χ3n) is 5.10. The summed E-state index contributed by atoms with van der Waals surface area (Å²) >= 11 is 7.84. The first-order valence-corrected chi connectivity index (χ1v) is 13.3. The van der Waals surface area contributed by atoms with Crippen LogP contribution in [-0.2, 0) is 4.79 Å². The number of amides is 1. The maximum atomic E-state index is 12.5. The molecule has 0 aliphatic heterocycles. The van der Waals surface area contributed by atoms with Gasteiger partial charge in [0.1, 0.15) is 17.2 Å². The molecule has 1 amide bonds. The Morgan fingerprint density at radius 2 is 1.70 bits per heavy atom. The number of rotatable bonds is 9. The standard InChI is InChI=1S/C25H21Br2N5O4S/c1-35-19-7-3-15(4-8-19)24-30-31-25(32(24)18-5-9-20(36-2)10-6-18)37-14-22(33)29-28-13-16-11-17(26)12-21(27)23(16)34/h3-13,34H,14H2,1-2H3,(H,29,33)/b28-13-. The van der Waals surface area contributed by atoms with Gasteiger partial charge < -0.3 is 14.6 Å². The molecule has 4 aromatic rings. The minimum atomic E-state index is -0.343. The molecule has 0 saturated carbocycles. The first-order chi connectivity index (χ1) is 17.9. The van der Waals surface area contributed by atoms with Crippen molar-refractivity contribution in [1.82, 2.24) is 20.2 Å². The van der Waals surface area contributed by atoms with Crippen molar-refractivity contribution in [3.05, 3.63) is 75.2 Å². The van der Waals surface area contributed by atoms with Crippen LogP contribution < -0.4 is 14.9 Å². The molecule has 2 N–H and O–H groups in total. The van der Waals surface area contributed by atoms with Crippen molar-refractivity contribution in [1.29, 1.82) is 0 Å². The number of aromatic hydroxyl groups is 1. The first-order valence-electron chi connectivity index (χ1n) is 10.8. The van der Waals surface area contributed by atoms with Gasteiger partial charge in [0.25, 0.3) is 5.91 Å². The lowest BCUT2D eigenvalue weighted by Crippen LogP contribution is -2.20. The van der Waals surface area contributed by atoms with Crippen molar-refractivity contribution in [2.45, 2.75) is 5.16 Å². The number of carbonyl (C=O) groups is 1.